The van der Waals surface area contributed by atoms with Crippen LogP contribution in [0.2, 0.25) is 0 Å². The molecule has 2 aromatic rings. The minimum absolute atomic E-state index is 0. The first kappa shape index (κ1) is 11.7. The molecule has 1 aromatic heterocycles. The van der Waals surface area contributed by atoms with Crippen molar-refractivity contribution in [2.75, 3.05) is 5.73 Å². The minimum Gasteiger partial charge on any atom is -0.409 e. The Morgan fingerprint density at radius 3 is 2.87 bits per heavy atom. The molecule has 0 saturated carbocycles. The average molecular weight is 369 g/mol. The maximum Gasteiger partial charge on any atom is 2.00 e. The van der Waals surface area contributed by atoms with Gasteiger partial charge in [-0.1, -0.05) is 0 Å². The molecule has 1 heterocycles. The number of para-hydroxylation sites is 1. The number of nitrogens with two attached hydrogens (primary N) is 1. The van der Waals surface area contributed by atoms with Gasteiger partial charge in [0.1, 0.15) is 0 Å². The first-order valence-electron chi connectivity index (χ1n) is 4.01. The first-order valence-corrected chi connectivity index (χ1v) is 4.01. The molecule has 0 aliphatic rings. The Bertz CT molecular complexity index is 496. The average Bonchev–Trinajstić information content (AvgIpc) is 2.23. The summed E-state index contributed by atoms with van der Waals surface area (Å²) >= 11 is 0. The molecule has 74 valence electrons. The van der Waals surface area contributed by atoms with Crippen LogP contribution in [0.4, 0.5) is 5.69 Å². The van der Waals surface area contributed by atoms with Gasteiger partial charge in [-0.3, -0.25) is 0 Å². The van der Waals surface area contributed by atoms with E-state index in [9.17, 15) is 4.79 Å². The number of rotatable bonds is 1. The predicted molar refractivity (Wildman–Crippen MR) is 51.9 cm³/mol. The fourth-order valence-electron chi connectivity index (χ4n) is 1.07. The van der Waals surface area contributed by atoms with Crippen molar-refractivity contribution >= 4 is 5.69 Å². The Morgan fingerprint density at radius 1 is 1.40 bits per heavy atom. The monoisotopic (exact) mass is 369 g/mol. The SMILES string of the molecule is Nc1cn[c-]n(-c2[c-]cccc2)c1=O.[W+2]. The number of aromatic nitrogens is 2. The molecule has 0 fully saturated rings. The van der Waals surface area contributed by atoms with E-state index in [0.29, 0.717) is 5.69 Å². The van der Waals surface area contributed by atoms with Crippen LogP contribution in [0.5, 0.6) is 0 Å². The Labute approximate surface area is 101 Å². The molecule has 0 radical (unpaired) electrons. The summed E-state index contributed by atoms with van der Waals surface area (Å²) in [4.78, 5) is 15.2. The number of anilines is 1. The van der Waals surface area contributed by atoms with Gasteiger partial charge in [-0.15, -0.1) is 5.69 Å². The van der Waals surface area contributed by atoms with Crippen LogP contribution in [0.1, 0.15) is 0 Å². The fourth-order valence-corrected chi connectivity index (χ4v) is 1.07. The van der Waals surface area contributed by atoms with Crippen molar-refractivity contribution in [2.45, 2.75) is 0 Å². The Morgan fingerprint density at radius 2 is 2.20 bits per heavy atom. The van der Waals surface area contributed by atoms with E-state index in [0.717, 1.165) is 0 Å². The molecule has 0 atom stereocenters. The summed E-state index contributed by atoms with van der Waals surface area (Å²) in [6.07, 6.45) is 3.82. The standard InChI is InChI=1S/C10H7N3O.W/c11-9-6-12-7-13(10(9)14)8-4-2-1-3-5-8;/h1-4,6H,11H2;/q-2;+2. The molecule has 1 aromatic carbocycles. The zero-order chi connectivity index (χ0) is 9.97. The molecule has 5 heteroatoms. The number of nitrogen functional groups attached to an aromatic ring is 1. The second-order valence-corrected chi connectivity index (χ2v) is 2.70. The summed E-state index contributed by atoms with van der Waals surface area (Å²) in [6.45, 7) is 0. The van der Waals surface area contributed by atoms with Crippen molar-refractivity contribution in [3.8, 4) is 5.69 Å². The second kappa shape index (κ2) is 4.89. The predicted octanol–water partition coefficient (Wildman–Crippen LogP) is 0.413. The van der Waals surface area contributed by atoms with E-state index in [1.807, 2.05) is 6.07 Å². The quantitative estimate of drug-likeness (QED) is 0.742. The molecule has 0 amide bonds. The van der Waals surface area contributed by atoms with E-state index in [-0.39, 0.29) is 32.3 Å². The van der Waals surface area contributed by atoms with E-state index in [1.165, 1.54) is 10.8 Å². The van der Waals surface area contributed by atoms with Gasteiger partial charge in [0, 0.05) is 12.0 Å². The van der Waals surface area contributed by atoms with Gasteiger partial charge >= 0.3 is 21.1 Å². The Balaban J connectivity index is 0.00000112. The van der Waals surface area contributed by atoms with Crippen molar-refractivity contribution in [1.29, 1.82) is 0 Å². The maximum absolute atomic E-state index is 11.5. The van der Waals surface area contributed by atoms with Gasteiger partial charge in [0.05, 0.1) is 0 Å². The van der Waals surface area contributed by atoms with E-state index in [1.54, 1.807) is 18.2 Å². The van der Waals surface area contributed by atoms with E-state index >= 15 is 0 Å². The molecular weight excluding hydrogens is 362 g/mol. The second-order valence-electron chi connectivity index (χ2n) is 2.70. The van der Waals surface area contributed by atoms with Crippen molar-refractivity contribution < 1.29 is 21.1 Å². The zero-order valence-electron chi connectivity index (χ0n) is 7.68. The van der Waals surface area contributed by atoms with Crippen LogP contribution in [-0.4, -0.2) is 9.55 Å². The van der Waals surface area contributed by atoms with Gasteiger partial charge in [0.25, 0.3) is 0 Å². The fraction of sp³-hybridized carbons (Fsp3) is 0. The van der Waals surface area contributed by atoms with Gasteiger partial charge < -0.3 is 20.1 Å². The Kier molecular flexibility index (Phi) is 3.80. The van der Waals surface area contributed by atoms with Crippen LogP contribution in [0.15, 0.2) is 35.3 Å². The largest absolute Gasteiger partial charge is 2.00 e. The van der Waals surface area contributed by atoms with Gasteiger partial charge in [0.2, 0.25) is 0 Å². The molecular formula is C10H7N3OW. The van der Waals surface area contributed by atoms with Crippen LogP contribution in [0.3, 0.4) is 0 Å². The molecule has 0 aliphatic heterocycles. The normalized spacial score (nSPS) is 9.33. The van der Waals surface area contributed by atoms with Gasteiger partial charge in [-0.2, -0.15) is 24.3 Å². The van der Waals surface area contributed by atoms with Crippen LogP contribution < -0.4 is 11.3 Å². The van der Waals surface area contributed by atoms with Crippen LogP contribution in [0.25, 0.3) is 5.69 Å². The smallest absolute Gasteiger partial charge is 0.409 e. The van der Waals surface area contributed by atoms with Crippen LogP contribution >= 0.6 is 0 Å². The number of nitrogens with zero attached hydrogens (tertiary/aromatic N) is 2. The summed E-state index contributed by atoms with van der Waals surface area (Å²) < 4.78 is 1.23. The summed E-state index contributed by atoms with van der Waals surface area (Å²) in [5.74, 6) is 0. The van der Waals surface area contributed by atoms with Crippen molar-refractivity contribution in [3.63, 3.8) is 0 Å². The van der Waals surface area contributed by atoms with E-state index in [4.69, 9.17) is 5.73 Å². The molecule has 4 nitrogen and oxygen atoms in total. The van der Waals surface area contributed by atoms with Crippen molar-refractivity contribution in [2.24, 2.45) is 0 Å². The molecule has 0 unspecified atom stereocenters. The summed E-state index contributed by atoms with van der Waals surface area (Å²) in [5.41, 5.74) is 5.78. The number of hydrogen-bond acceptors (Lipinski definition) is 3. The molecule has 0 bridgehead atoms. The van der Waals surface area contributed by atoms with Crippen LogP contribution in [-0.2, 0) is 21.1 Å². The summed E-state index contributed by atoms with van der Waals surface area (Å²) in [7, 11) is 0. The molecule has 0 aliphatic carbocycles. The molecule has 0 saturated heterocycles. The van der Waals surface area contributed by atoms with Crippen molar-refractivity contribution in [3.05, 3.63) is 53.2 Å². The minimum atomic E-state index is -0.331. The Hall–Kier alpha value is -1.41. The molecule has 15 heavy (non-hydrogen) atoms. The summed E-state index contributed by atoms with van der Waals surface area (Å²) in [5, 5.41) is 0. The molecule has 2 rings (SSSR count). The number of hydrogen-bond donors (Lipinski definition) is 1. The maximum atomic E-state index is 11.5. The molecule has 0 spiro atoms. The van der Waals surface area contributed by atoms with E-state index < -0.39 is 0 Å². The number of benzene rings is 1. The third kappa shape index (κ3) is 2.33. The molecule has 2 N–H and O–H groups in total. The van der Waals surface area contributed by atoms with Crippen molar-refractivity contribution in [1.82, 2.24) is 9.55 Å². The summed E-state index contributed by atoms with van der Waals surface area (Å²) in [6, 6.07) is 9.95. The third-order valence-electron chi connectivity index (χ3n) is 1.74. The van der Waals surface area contributed by atoms with Gasteiger partial charge in [0.15, 0.2) is 5.56 Å². The third-order valence-corrected chi connectivity index (χ3v) is 1.74. The van der Waals surface area contributed by atoms with Gasteiger partial charge in [-0.25, -0.2) is 6.07 Å². The van der Waals surface area contributed by atoms with Gasteiger partial charge in [-0.05, 0) is 6.20 Å². The van der Waals surface area contributed by atoms with E-state index in [2.05, 4.69) is 17.4 Å². The zero-order valence-corrected chi connectivity index (χ0v) is 10.6. The van der Waals surface area contributed by atoms with Crippen LogP contribution in [0, 0.1) is 12.4 Å². The topological polar surface area (TPSA) is 60.9 Å². The first-order chi connectivity index (χ1) is 6.79.